The lowest BCUT2D eigenvalue weighted by molar-refractivity contribution is -0.276. The van der Waals surface area contributed by atoms with Crippen LogP contribution in [0.4, 0.5) is 0 Å². The Morgan fingerprint density at radius 2 is 2.00 bits per heavy atom. The van der Waals surface area contributed by atoms with Gasteiger partial charge in [0.2, 0.25) is 11.8 Å². The Balaban J connectivity index is 1.52. The number of methoxy groups -OCH3 is 1. The minimum Gasteiger partial charge on any atom is -0.481 e. The van der Waals surface area contributed by atoms with Crippen molar-refractivity contribution in [3.63, 3.8) is 0 Å². The number of carbonyl (C=O) groups excluding carboxylic acids is 2. The lowest BCUT2D eigenvalue weighted by Crippen LogP contribution is -2.54. The van der Waals surface area contributed by atoms with Crippen molar-refractivity contribution < 1.29 is 43.6 Å². The highest BCUT2D eigenvalue weighted by atomic mass is 16.6. The number of furan rings is 1. The van der Waals surface area contributed by atoms with Gasteiger partial charge in [0.15, 0.2) is 5.79 Å². The predicted molar refractivity (Wildman–Crippen MR) is 111 cm³/mol. The monoisotopic (exact) mass is 465 g/mol. The molecule has 3 aliphatic rings. The van der Waals surface area contributed by atoms with Gasteiger partial charge in [-0.2, -0.15) is 0 Å². The molecule has 3 N–H and O–H groups in total. The summed E-state index contributed by atoms with van der Waals surface area (Å²) in [5, 5.41) is 29.7. The lowest BCUT2D eigenvalue weighted by Gasteiger charge is -2.44. The maximum Gasteiger partial charge on any atom is 0.303 e. The molecule has 1 aromatic rings. The van der Waals surface area contributed by atoms with Gasteiger partial charge >= 0.3 is 5.97 Å². The molecule has 0 bridgehead atoms. The molecule has 2 saturated heterocycles. The Morgan fingerprint density at radius 3 is 2.67 bits per heavy atom. The molecule has 1 saturated carbocycles. The van der Waals surface area contributed by atoms with Gasteiger partial charge in [-0.25, -0.2) is 0 Å². The molecule has 0 spiro atoms. The molecule has 1 aliphatic carbocycles. The summed E-state index contributed by atoms with van der Waals surface area (Å²) in [6, 6.07) is 3.32. The molecule has 3 heterocycles. The normalized spacial score (nSPS) is 33.4. The van der Waals surface area contributed by atoms with Gasteiger partial charge in [-0.1, -0.05) is 6.42 Å². The zero-order chi connectivity index (χ0) is 23.8. The smallest absolute Gasteiger partial charge is 0.303 e. The fourth-order valence-corrected chi connectivity index (χ4v) is 5.71. The number of carboxylic acids is 1. The second kappa shape index (κ2) is 9.54. The number of aliphatic hydroxyl groups is 2. The topological polar surface area (TPSA) is 147 Å². The molecule has 10 nitrogen and oxygen atoms in total. The van der Waals surface area contributed by atoms with E-state index in [0.29, 0.717) is 37.2 Å². The number of unbranched alkanes of at least 4 members (excludes halogenated alkanes) is 2. The van der Waals surface area contributed by atoms with Gasteiger partial charge in [0.1, 0.15) is 24.2 Å². The SMILES string of the molecule is COC[C@H]1C[C@@H]2C(=O)N(CCCCCC(=O)O)C(=O)[C@@H]2[C@@H]2C[C@@H](c3ccc(CO)o3)O[C@]12O. The molecule has 0 unspecified atom stereocenters. The molecule has 33 heavy (non-hydrogen) atoms. The van der Waals surface area contributed by atoms with Gasteiger partial charge in [0.25, 0.3) is 0 Å². The maximum absolute atomic E-state index is 13.3. The molecular weight excluding hydrogens is 434 g/mol. The number of nitrogens with zero attached hydrogens (tertiary/aromatic N) is 1. The summed E-state index contributed by atoms with van der Waals surface area (Å²) in [6.45, 7) is 0.165. The highest BCUT2D eigenvalue weighted by Crippen LogP contribution is 2.58. The second-order valence-electron chi connectivity index (χ2n) is 9.22. The van der Waals surface area contributed by atoms with Gasteiger partial charge in [-0.15, -0.1) is 0 Å². The van der Waals surface area contributed by atoms with E-state index in [1.54, 1.807) is 12.1 Å². The van der Waals surface area contributed by atoms with Crippen LogP contribution < -0.4 is 0 Å². The van der Waals surface area contributed by atoms with Crippen molar-refractivity contribution in [2.75, 3.05) is 20.3 Å². The van der Waals surface area contributed by atoms with Gasteiger partial charge in [-0.05, 0) is 37.8 Å². The van der Waals surface area contributed by atoms with Crippen LogP contribution in [0.15, 0.2) is 16.5 Å². The summed E-state index contributed by atoms with van der Waals surface area (Å²) in [7, 11) is 1.52. The first-order valence-electron chi connectivity index (χ1n) is 11.5. The van der Waals surface area contributed by atoms with Gasteiger partial charge < -0.3 is 29.2 Å². The third-order valence-corrected chi connectivity index (χ3v) is 7.25. The number of hydrogen-bond donors (Lipinski definition) is 3. The fourth-order valence-electron chi connectivity index (χ4n) is 5.71. The number of aliphatic carboxylic acids is 1. The van der Waals surface area contributed by atoms with Crippen LogP contribution in [0.3, 0.4) is 0 Å². The predicted octanol–water partition coefficient (Wildman–Crippen LogP) is 1.45. The Labute approximate surface area is 191 Å². The Bertz CT molecular complexity index is 898. The fraction of sp³-hybridized carbons (Fsp3) is 0.696. The first-order chi connectivity index (χ1) is 15.8. The van der Waals surface area contributed by atoms with Crippen molar-refractivity contribution in [3.8, 4) is 0 Å². The zero-order valence-corrected chi connectivity index (χ0v) is 18.6. The van der Waals surface area contributed by atoms with Crippen molar-refractivity contribution in [3.05, 3.63) is 23.7 Å². The van der Waals surface area contributed by atoms with Crippen LogP contribution in [0.2, 0.25) is 0 Å². The average Bonchev–Trinajstić information content (AvgIpc) is 3.45. The first kappa shape index (κ1) is 23.9. The van der Waals surface area contributed by atoms with Gasteiger partial charge in [-0.3, -0.25) is 19.3 Å². The first-order valence-corrected chi connectivity index (χ1v) is 11.5. The van der Waals surface area contributed by atoms with Crippen molar-refractivity contribution in [1.82, 2.24) is 4.90 Å². The molecule has 4 rings (SSSR count). The summed E-state index contributed by atoms with van der Waals surface area (Å²) in [4.78, 5) is 38.4. The van der Waals surface area contributed by atoms with E-state index in [2.05, 4.69) is 0 Å². The summed E-state index contributed by atoms with van der Waals surface area (Å²) in [5.41, 5.74) is 0. The minimum absolute atomic E-state index is 0.0600. The molecule has 182 valence electrons. The molecule has 6 atom stereocenters. The molecule has 1 aromatic heterocycles. The number of aliphatic hydroxyl groups excluding tert-OH is 1. The van der Waals surface area contributed by atoms with E-state index in [1.807, 2.05) is 0 Å². The molecule has 10 heteroatoms. The minimum atomic E-state index is -1.64. The van der Waals surface area contributed by atoms with E-state index in [4.69, 9.17) is 19.0 Å². The third-order valence-electron chi connectivity index (χ3n) is 7.25. The van der Waals surface area contributed by atoms with E-state index in [0.717, 1.165) is 0 Å². The zero-order valence-electron chi connectivity index (χ0n) is 18.6. The number of imide groups is 1. The molecule has 3 fully saturated rings. The van der Waals surface area contributed by atoms with E-state index in [9.17, 15) is 24.6 Å². The van der Waals surface area contributed by atoms with Gasteiger partial charge in [0, 0.05) is 31.9 Å². The summed E-state index contributed by atoms with van der Waals surface area (Å²) in [5.74, 6) is -4.53. The number of amides is 2. The number of hydrogen-bond acceptors (Lipinski definition) is 8. The van der Waals surface area contributed by atoms with Crippen molar-refractivity contribution in [2.24, 2.45) is 23.7 Å². The van der Waals surface area contributed by atoms with Crippen molar-refractivity contribution >= 4 is 17.8 Å². The number of ether oxygens (including phenoxy) is 2. The van der Waals surface area contributed by atoms with E-state index in [-0.39, 0.29) is 44.4 Å². The highest BCUT2D eigenvalue weighted by molar-refractivity contribution is 6.05. The average molecular weight is 465 g/mol. The van der Waals surface area contributed by atoms with Crippen molar-refractivity contribution in [2.45, 2.75) is 57.0 Å². The number of carbonyl (C=O) groups is 3. The molecule has 0 radical (unpaired) electrons. The molecule has 2 aliphatic heterocycles. The van der Waals surface area contributed by atoms with Crippen LogP contribution in [-0.2, 0) is 30.5 Å². The quantitative estimate of drug-likeness (QED) is 0.345. The van der Waals surface area contributed by atoms with Gasteiger partial charge in [0.05, 0.1) is 18.4 Å². The standard InChI is InChI=1S/C23H31NO9/c1-31-12-13-9-15-20(22(29)24(21(15)28)8-4-2-3-5-19(26)27)16-10-18(33-23(13,16)30)17-7-6-14(11-25)32-17/h6-7,13,15-16,18,20,25,30H,2-5,8-12H2,1H3,(H,26,27)/t13-,15+,16+,18+,20+,23-/m1/s1. The van der Waals surface area contributed by atoms with Crippen LogP contribution >= 0.6 is 0 Å². The Morgan fingerprint density at radius 1 is 1.21 bits per heavy atom. The largest absolute Gasteiger partial charge is 0.481 e. The van der Waals surface area contributed by atoms with E-state index >= 15 is 0 Å². The van der Waals surface area contributed by atoms with Crippen molar-refractivity contribution in [1.29, 1.82) is 0 Å². The summed E-state index contributed by atoms with van der Waals surface area (Å²) >= 11 is 0. The van der Waals surface area contributed by atoms with Crippen LogP contribution in [0.25, 0.3) is 0 Å². The molecular formula is C23H31NO9. The van der Waals surface area contributed by atoms with Crippen LogP contribution in [0, 0.1) is 23.7 Å². The summed E-state index contributed by atoms with van der Waals surface area (Å²) in [6.07, 6.45) is 1.67. The number of carboxylic acid groups (broad SMARTS) is 1. The molecule has 2 amide bonds. The van der Waals surface area contributed by atoms with E-state index < -0.39 is 41.5 Å². The highest BCUT2D eigenvalue weighted by Gasteiger charge is 2.66. The number of likely N-dealkylation sites (tertiary alicyclic amines) is 1. The van der Waals surface area contributed by atoms with Crippen LogP contribution in [0.5, 0.6) is 0 Å². The summed E-state index contributed by atoms with van der Waals surface area (Å²) < 4.78 is 17.0. The number of rotatable bonds is 10. The Kier molecular flexibility index (Phi) is 6.90. The lowest BCUT2D eigenvalue weighted by atomic mass is 9.64. The maximum atomic E-state index is 13.3. The third kappa shape index (κ3) is 4.32. The molecule has 0 aromatic carbocycles. The Hall–Kier alpha value is -2.27. The van der Waals surface area contributed by atoms with Crippen LogP contribution in [-0.4, -0.2) is 64.1 Å². The van der Waals surface area contributed by atoms with Crippen LogP contribution in [0.1, 0.15) is 56.1 Å². The number of fused-ring (bicyclic) bond motifs is 3. The second-order valence-corrected chi connectivity index (χ2v) is 9.22. The van der Waals surface area contributed by atoms with E-state index in [1.165, 1.54) is 12.0 Å².